The Morgan fingerprint density at radius 1 is 1.38 bits per heavy atom. The Labute approximate surface area is 205 Å². The van der Waals surface area contributed by atoms with Gasteiger partial charge in [0.25, 0.3) is 11.8 Å². The summed E-state index contributed by atoms with van der Waals surface area (Å²) in [4.78, 5) is 18.0. The van der Waals surface area contributed by atoms with Crippen molar-refractivity contribution in [3.8, 4) is 0 Å². The quantitative estimate of drug-likeness (QED) is 0.276. The number of halogens is 2. The zero-order valence-electron chi connectivity index (χ0n) is 21.1. The van der Waals surface area contributed by atoms with Crippen molar-refractivity contribution in [1.82, 2.24) is 20.1 Å². The molecule has 0 fully saturated rings. The molecule has 0 aliphatic rings. The molecule has 1 atom stereocenters. The number of ether oxygens (including phenoxy) is 1. The first-order chi connectivity index (χ1) is 16.1. The van der Waals surface area contributed by atoms with Crippen LogP contribution >= 0.6 is 11.3 Å². The molecule has 2 aromatic rings. The molecule has 6 nitrogen and oxygen atoms in total. The minimum atomic E-state index is -3.12. The average Bonchev–Trinajstić information content (AvgIpc) is 3.42. The third-order valence-corrected chi connectivity index (χ3v) is 5.78. The summed E-state index contributed by atoms with van der Waals surface area (Å²) in [6.07, 6.45) is 8.99. The Morgan fingerprint density at radius 3 is 2.59 bits per heavy atom. The lowest BCUT2D eigenvalue weighted by Gasteiger charge is -2.11. The lowest BCUT2D eigenvalue weighted by molar-refractivity contribution is 0.0122. The van der Waals surface area contributed by atoms with Gasteiger partial charge in [0.2, 0.25) is 0 Å². The van der Waals surface area contributed by atoms with E-state index in [1.165, 1.54) is 18.4 Å². The van der Waals surface area contributed by atoms with Gasteiger partial charge in [0.15, 0.2) is 0 Å². The molecule has 2 heterocycles. The number of rotatable bonds is 11. The number of hydrogen-bond donors (Lipinski definition) is 1. The standard InChI is InChI=1S/C23H30F2N4O2S.C2H6/c1-7-10-16(12-17(11-8-2)31-9-3)22-26-14-19(32-22)15(4)27-21(30)18-13-20(23(5,24)25)28-29(18)6;1-2/h7,10,12-15H,1,8-9,11H2,2-6H3,(H,27,30);1-2H3/b16-10+,17-12+;. The highest BCUT2D eigenvalue weighted by atomic mass is 32.1. The van der Waals surface area contributed by atoms with Gasteiger partial charge in [0.1, 0.15) is 16.4 Å². The van der Waals surface area contributed by atoms with Crippen molar-refractivity contribution in [3.05, 3.63) is 64.1 Å². The maximum absolute atomic E-state index is 13.5. The molecule has 0 aliphatic heterocycles. The molecule has 0 aromatic carbocycles. The first-order valence-electron chi connectivity index (χ1n) is 11.5. The van der Waals surface area contributed by atoms with Crippen molar-refractivity contribution in [2.24, 2.45) is 7.05 Å². The molecule has 1 N–H and O–H groups in total. The minimum Gasteiger partial charge on any atom is -0.498 e. The van der Waals surface area contributed by atoms with E-state index in [4.69, 9.17) is 4.74 Å². The average molecular weight is 495 g/mol. The molecule has 0 saturated carbocycles. The molecule has 188 valence electrons. The van der Waals surface area contributed by atoms with Gasteiger partial charge in [-0.2, -0.15) is 13.9 Å². The molecule has 2 rings (SSSR count). The van der Waals surface area contributed by atoms with Gasteiger partial charge in [0, 0.05) is 37.0 Å². The van der Waals surface area contributed by atoms with Crippen LogP contribution in [0.1, 0.15) is 86.5 Å². The van der Waals surface area contributed by atoms with Gasteiger partial charge in [-0.05, 0) is 32.4 Å². The van der Waals surface area contributed by atoms with Gasteiger partial charge in [-0.25, -0.2) is 4.98 Å². The van der Waals surface area contributed by atoms with Crippen molar-refractivity contribution >= 4 is 22.8 Å². The number of amides is 1. The molecule has 0 radical (unpaired) electrons. The summed E-state index contributed by atoms with van der Waals surface area (Å²) >= 11 is 1.43. The van der Waals surface area contributed by atoms with Crippen LogP contribution in [0, 0.1) is 0 Å². The number of aryl methyl sites for hydroxylation is 1. The Hall–Kier alpha value is -2.81. The second kappa shape index (κ2) is 13.8. The topological polar surface area (TPSA) is 69.0 Å². The van der Waals surface area contributed by atoms with Gasteiger partial charge in [-0.15, -0.1) is 11.3 Å². The summed E-state index contributed by atoms with van der Waals surface area (Å²) in [7, 11) is 1.46. The van der Waals surface area contributed by atoms with Crippen LogP contribution in [0.15, 0.2) is 42.8 Å². The van der Waals surface area contributed by atoms with Crippen molar-refractivity contribution in [3.63, 3.8) is 0 Å². The number of carbonyl (C=O) groups excluding carboxylic acids is 1. The normalized spacial score (nSPS) is 13.1. The molecule has 1 unspecified atom stereocenters. The largest absolute Gasteiger partial charge is 0.498 e. The Balaban J connectivity index is 0.00000281. The third kappa shape index (κ3) is 8.20. The maximum Gasteiger partial charge on any atom is 0.288 e. The van der Waals surface area contributed by atoms with E-state index in [0.29, 0.717) is 6.61 Å². The maximum atomic E-state index is 13.5. The van der Waals surface area contributed by atoms with Gasteiger partial charge in [-0.3, -0.25) is 9.48 Å². The minimum absolute atomic E-state index is 0.0641. The summed E-state index contributed by atoms with van der Waals surface area (Å²) < 4.78 is 33.9. The van der Waals surface area contributed by atoms with Crippen LogP contribution in [0.3, 0.4) is 0 Å². The smallest absolute Gasteiger partial charge is 0.288 e. The Morgan fingerprint density at radius 2 is 2.06 bits per heavy atom. The number of carbonyl (C=O) groups is 1. The second-order valence-corrected chi connectivity index (χ2v) is 8.40. The van der Waals surface area contributed by atoms with Gasteiger partial charge in [-0.1, -0.05) is 39.5 Å². The first kappa shape index (κ1) is 29.2. The lowest BCUT2D eigenvalue weighted by atomic mass is 10.2. The van der Waals surface area contributed by atoms with Crippen molar-refractivity contribution in [1.29, 1.82) is 0 Å². The van der Waals surface area contributed by atoms with E-state index in [2.05, 4.69) is 28.9 Å². The highest BCUT2D eigenvalue weighted by Gasteiger charge is 2.30. The highest BCUT2D eigenvalue weighted by Crippen LogP contribution is 2.29. The van der Waals surface area contributed by atoms with Crippen LogP contribution in [0.4, 0.5) is 8.78 Å². The fraction of sp³-hybridized carbons (Fsp3) is 0.480. The van der Waals surface area contributed by atoms with Crippen molar-refractivity contribution in [2.45, 2.75) is 66.3 Å². The summed E-state index contributed by atoms with van der Waals surface area (Å²) in [6, 6.07) is 0.740. The predicted molar refractivity (Wildman–Crippen MR) is 135 cm³/mol. The molecule has 9 heteroatoms. The molecule has 0 bridgehead atoms. The van der Waals surface area contributed by atoms with Crippen LogP contribution in [0.2, 0.25) is 0 Å². The van der Waals surface area contributed by atoms with E-state index in [-0.39, 0.29) is 11.7 Å². The molecule has 1 amide bonds. The molecule has 0 spiro atoms. The number of aromatic nitrogens is 3. The van der Waals surface area contributed by atoms with Crippen molar-refractivity contribution in [2.75, 3.05) is 6.61 Å². The predicted octanol–water partition coefficient (Wildman–Crippen LogP) is 6.80. The van der Waals surface area contributed by atoms with Crippen LogP contribution in [-0.4, -0.2) is 27.3 Å². The summed E-state index contributed by atoms with van der Waals surface area (Å²) in [5.41, 5.74) is 0.489. The first-order valence-corrected chi connectivity index (χ1v) is 12.3. The monoisotopic (exact) mass is 494 g/mol. The van der Waals surface area contributed by atoms with Crippen LogP contribution in [0.25, 0.3) is 5.57 Å². The van der Waals surface area contributed by atoms with E-state index in [0.717, 1.165) is 51.7 Å². The fourth-order valence-corrected chi connectivity index (χ4v) is 3.87. The van der Waals surface area contributed by atoms with E-state index >= 15 is 0 Å². The summed E-state index contributed by atoms with van der Waals surface area (Å²) in [5, 5.41) is 7.35. The molecular weight excluding hydrogens is 458 g/mol. The number of allylic oxidation sites excluding steroid dienone is 5. The zero-order valence-corrected chi connectivity index (χ0v) is 21.9. The Kier molecular flexibility index (Phi) is 11.9. The molecule has 0 saturated heterocycles. The number of alkyl halides is 2. The van der Waals surface area contributed by atoms with Gasteiger partial charge >= 0.3 is 0 Å². The molecule has 2 aromatic heterocycles. The van der Waals surface area contributed by atoms with Crippen LogP contribution < -0.4 is 5.32 Å². The number of nitrogens with one attached hydrogen (secondary N) is 1. The van der Waals surface area contributed by atoms with Gasteiger partial charge in [0.05, 0.1) is 18.4 Å². The van der Waals surface area contributed by atoms with E-state index in [9.17, 15) is 13.6 Å². The second-order valence-electron chi connectivity index (χ2n) is 7.34. The third-order valence-electron chi connectivity index (χ3n) is 4.55. The molecule has 34 heavy (non-hydrogen) atoms. The van der Waals surface area contributed by atoms with Crippen LogP contribution in [0.5, 0.6) is 0 Å². The summed E-state index contributed by atoms with van der Waals surface area (Å²) in [5.74, 6) is -2.73. The van der Waals surface area contributed by atoms with Crippen LogP contribution in [-0.2, 0) is 17.7 Å². The SMILES string of the molecule is C=C/C=C(\C=C(/CCC)OCC)c1ncc(C(C)NC(=O)c2cc(C(C)(F)F)nn2C)s1.CC. The lowest BCUT2D eigenvalue weighted by Crippen LogP contribution is -2.27. The molecule has 0 aliphatic carbocycles. The number of nitrogens with zero attached hydrogens (tertiary/aromatic N) is 3. The highest BCUT2D eigenvalue weighted by molar-refractivity contribution is 7.12. The van der Waals surface area contributed by atoms with Crippen molar-refractivity contribution < 1.29 is 18.3 Å². The fourth-order valence-electron chi connectivity index (χ4n) is 2.96. The van der Waals surface area contributed by atoms with E-state index < -0.39 is 17.5 Å². The number of thiazole rings is 1. The van der Waals surface area contributed by atoms with Gasteiger partial charge < -0.3 is 10.1 Å². The zero-order chi connectivity index (χ0) is 25.9. The molecular formula is C25H36F2N4O2S. The van der Waals surface area contributed by atoms with E-state index in [1.54, 1.807) is 12.3 Å². The summed E-state index contributed by atoms with van der Waals surface area (Å²) in [6.45, 7) is 15.0. The van der Waals surface area contributed by atoms with E-state index in [1.807, 2.05) is 39.8 Å². The Bertz CT molecular complexity index is 995. The number of hydrogen-bond acceptors (Lipinski definition) is 5.